The van der Waals surface area contributed by atoms with Crippen molar-refractivity contribution in [3.05, 3.63) is 399 Å². The van der Waals surface area contributed by atoms with Gasteiger partial charge in [0.2, 0.25) is 0 Å². The van der Waals surface area contributed by atoms with Crippen molar-refractivity contribution in [2.45, 2.75) is 19.3 Å². The molecule has 5 heteroatoms. The van der Waals surface area contributed by atoms with Crippen LogP contribution in [-0.4, -0.2) is 18.3 Å². The Bertz CT molecular complexity index is 7450. The number of hydrogen-bond acceptors (Lipinski definition) is 1. The first-order valence-corrected chi connectivity index (χ1v) is 38.8. The average Bonchev–Trinajstić information content (AvgIpc) is 1.56. The zero-order valence-corrected chi connectivity index (χ0v) is 61.5. The van der Waals surface area contributed by atoms with E-state index >= 15 is 0 Å². The molecule has 4 nitrogen and oxygen atoms in total. The molecule has 0 saturated carbocycles. The third-order valence-corrected chi connectivity index (χ3v) is 24.6. The Kier molecular flexibility index (Phi) is 14.5. The number of para-hydroxylation sites is 4. The van der Waals surface area contributed by atoms with Crippen LogP contribution in [0.3, 0.4) is 0 Å². The minimum Gasteiger partial charge on any atom is -0.309 e. The summed E-state index contributed by atoms with van der Waals surface area (Å²) in [5.41, 5.74) is 31.9. The molecule has 0 atom stereocenters. The van der Waals surface area contributed by atoms with Crippen molar-refractivity contribution in [2.24, 2.45) is 0 Å². The summed E-state index contributed by atoms with van der Waals surface area (Å²) in [6.45, 7) is 4.72. The van der Waals surface area contributed by atoms with Gasteiger partial charge >= 0.3 is 0 Å². The first kappa shape index (κ1) is 63.4. The second-order valence-corrected chi connectivity index (χ2v) is 31.0. The fourth-order valence-corrected chi connectivity index (χ4v) is 19.2. The van der Waals surface area contributed by atoms with Crippen molar-refractivity contribution in [1.29, 1.82) is 0 Å². The predicted molar refractivity (Wildman–Crippen MR) is 468 cm³/mol. The van der Waals surface area contributed by atoms with Gasteiger partial charge in [-0.1, -0.05) is 281 Å². The molecule has 1 aliphatic carbocycles. The van der Waals surface area contributed by atoms with Gasteiger partial charge in [0.05, 0.1) is 44.1 Å². The lowest BCUT2D eigenvalue weighted by molar-refractivity contribution is 0.660. The molecule has 23 rings (SSSR count). The summed E-state index contributed by atoms with van der Waals surface area (Å²) >= 11 is 1.86. The third-order valence-electron chi connectivity index (χ3n) is 23.5. The maximum Gasteiger partial charge on any atom is 0.0547 e. The monoisotopic (exact) mass is 1420 g/mol. The van der Waals surface area contributed by atoms with E-state index in [1.54, 1.807) is 0 Å². The molecule has 0 N–H and O–H groups in total. The van der Waals surface area contributed by atoms with Gasteiger partial charge in [-0.15, -0.1) is 11.3 Å². The van der Waals surface area contributed by atoms with Crippen molar-refractivity contribution in [3.8, 4) is 89.5 Å². The van der Waals surface area contributed by atoms with Crippen molar-refractivity contribution in [1.82, 2.24) is 18.3 Å². The molecule has 0 bridgehead atoms. The molecule has 0 saturated heterocycles. The second-order valence-electron chi connectivity index (χ2n) is 29.9. The standard InChI is InChI=1S/C54H34N2S.C51H36N2/c1-2-10-35(11-3-1)36-18-25-41(26-19-36)55-50-16-8-5-13-44(50)47-32-39(23-30-51(47)55)40-22-29-45-43-12-4-7-15-49(43)56(52(45)34-40)42-27-20-37(21-28-42)38-24-31-54-48(33-38)46-14-6-9-17-53(46)57-54;1-51(2)45-17-9-6-14-39(45)40-29-26-38(32-46(40)51)53-48-19-11-8-16-42(48)44-28-23-36(31-50(44)53)35-22-27-43-41-15-7-10-18-47(41)52(49(43)30-35)37-24-20-34(21-25-37)33-12-4-3-5-13-33/h1-34H;3-32H,1-2H3. The first-order chi connectivity index (χ1) is 54.3. The van der Waals surface area contributed by atoms with Gasteiger partial charge in [-0.3, -0.25) is 0 Å². The van der Waals surface area contributed by atoms with E-state index in [0.717, 1.165) is 17.1 Å². The van der Waals surface area contributed by atoms with Gasteiger partial charge in [0, 0.05) is 91.4 Å². The normalized spacial score (nSPS) is 12.5. The highest BCUT2D eigenvalue weighted by atomic mass is 32.1. The van der Waals surface area contributed by atoms with Crippen LogP contribution in [0.25, 0.3) is 197 Å². The molecule has 0 aliphatic heterocycles. The summed E-state index contributed by atoms with van der Waals surface area (Å²) in [4.78, 5) is 0. The smallest absolute Gasteiger partial charge is 0.0547 e. The van der Waals surface area contributed by atoms with Crippen LogP contribution in [0.2, 0.25) is 0 Å². The Morgan fingerprint density at radius 3 is 1.00 bits per heavy atom. The average molecular weight is 1420 g/mol. The molecule has 0 spiro atoms. The summed E-state index contributed by atoms with van der Waals surface area (Å²) in [5, 5.41) is 12.7. The summed E-state index contributed by atoms with van der Waals surface area (Å²) < 4.78 is 12.4. The quantitative estimate of drug-likeness (QED) is 0.137. The SMILES string of the molecule is CC1(C)c2ccccc2-c2ccc(-n3c4ccccc4c4ccc(-c5ccc6c7ccccc7n(-c7ccc(-c8ccccc8)cc7)c6c5)cc43)cc21.c1ccc(-c2ccc(-n3c4ccccc4c4cc(-c5ccc6c7ccccc7n(-c7ccc(-c8ccc9sc%10ccccc%10c9c8)cc7)c6c5)ccc43)cc2)cc1. The van der Waals surface area contributed by atoms with Crippen molar-refractivity contribution >= 4 is 119 Å². The number of rotatable bonds is 9. The van der Waals surface area contributed by atoms with Crippen LogP contribution in [0.15, 0.2) is 388 Å². The lowest BCUT2D eigenvalue weighted by Crippen LogP contribution is -2.15. The summed E-state index contributed by atoms with van der Waals surface area (Å²) in [6.07, 6.45) is 0. The molecule has 17 aromatic carbocycles. The van der Waals surface area contributed by atoms with Gasteiger partial charge in [-0.25, -0.2) is 0 Å². The van der Waals surface area contributed by atoms with Gasteiger partial charge in [0.1, 0.15) is 0 Å². The van der Waals surface area contributed by atoms with Crippen LogP contribution in [-0.2, 0) is 5.41 Å². The van der Waals surface area contributed by atoms with E-state index in [0.29, 0.717) is 0 Å². The molecule has 1 aliphatic rings. The van der Waals surface area contributed by atoms with Gasteiger partial charge < -0.3 is 18.3 Å². The largest absolute Gasteiger partial charge is 0.309 e. The van der Waals surface area contributed by atoms with Crippen LogP contribution < -0.4 is 0 Å². The number of hydrogen-bond donors (Lipinski definition) is 0. The number of fused-ring (bicyclic) bond motifs is 18. The zero-order chi connectivity index (χ0) is 72.7. The highest BCUT2D eigenvalue weighted by molar-refractivity contribution is 7.25. The van der Waals surface area contributed by atoms with Gasteiger partial charge in [-0.05, 0) is 199 Å². The first-order valence-electron chi connectivity index (χ1n) is 38.0. The Morgan fingerprint density at radius 1 is 0.182 bits per heavy atom. The molecule has 5 heterocycles. The van der Waals surface area contributed by atoms with E-state index in [-0.39, 0.29) is 5.41 Å². The van der Waals surface area contributed by atoms with Crippen molar-refractivity contribution < 1.29 is 0 Å². The van der Waals surface area contributed by atoms with E-state index in [1.807, 2.05) is 11.3 Å². The highest BCUT2D eigenvalue weighted by Crippen LogP contribution is 2.50. The van der Waals surface area contributed by atoms with Crippen LogP contribution in [0.1, 0.15) is 25.0 Å². The van der Waals surface area contributed by atoms with Crippen molar-refractivity contribution in [2.75, 3.05) is 0 Å². The minimum absolute atomic E-state index is 0.0679. The summed E-state index contributed by atoms with van der Waals surface area (Å²) in [6, 6.07) is 143. The minimum atomic E-state index is -0.0679. The van der Waals surface area contributed by atoms with E-state index in [1.165, 1.54) is 191 Å². The van der Waals surface area contributed by atoms with E-state index < -0.39 is 0 Å². The fourth-order valence-electron chi connectivity index (χ4n) is 18.1. The second kappa shape index (κ2) is 25.1. The predicted octanol–water partition coefficient (Wildman–Crippen LogP) is 28.8. The van der Waals surface area contributed by atoms with Crippen LogP contribution in [0.5, 0.6) is 0 Å². The lowest BCUT2D eigenvalue weighted by Gasteiger charge is -2.22. The number of benzene rings is 17. The van der Waals surface area contributed by atoms with E-state index in [9.17, 15) is 0 Å². The topological polar surface area (TPSA) is 19.7 Å². The van der Waals surface area contributed by atoms with Gasteiger partial charge in [0.25, 0.3) is 0 Å². The highest BCUT2D eigenvalue weighted by Gasteiger charge is 2.36. The van der Waals surface area contributed by atoms with Crippen LogP contribution in [0.4, 0.5) is 0 Å². The van der Waals surface area contributed by atoms with Crippen molar-refractivity contribution in [3.63, 3.8) is 0 Å². The fraction of sp³-hybridized carbons (Fsp3) is 0.0286. The number of nitrogens with zero attached hydrogens (tertiary/aromatic N) is 4. The molecule has 0 unspecified atom stereocenters. The Morgan fingerprint density at radius 2 is 0.491 bits per heavy atom. The lowest BCUT2D eigenvalue weighted by atomic mass is 9.82. The maximum absolute atomic E-state index is 2.47. The summed E-state index contributed by atoms with van der Waals surface area (Å²) in [5.74, 6) is 0. The van der Waals surface area contributed by atoms with Crippen LogP contribution in [0, 0.1) is 0 Å². The number of aromatic nitrogens is 4. The molecule has 0 amide bonds. The van der Waals surface area contributed by atoms with Gasteiger partial charge in [0.15, 0.2) is 0 Å². The molecule has 516 valence electrons. The molecular formula is C105H70N4S. The zero-order valence-electron chi connectivity index (χ0n) is 60.6. The maximum atomic E-state index is 2.47. The summed E-state index contributed by atoms with van der Waals surface area (Å²) in [7, 11) is 0. The molecule has 110 heavy (non-hydrogen) atoms. The molecule has 22 aromatic rings. The van der Waals surface area contributed by atoms with Gasteiger partial charge in [-0.2, -0.15) is 0 Å². The Balaban J connectivity index is 0.000000136. The molecule has 0 fully saturated rings. The Hall–Kier alpha value is -13.8. The molecular weight excluding hydrogens is 1350 g/mol. The third kappa shape index (κ3) is 10.1. The van der Waals surface area contributed by atoms with E-state index in [2.05, 4.69) is 420 Å². The number of thiophene rings is 1. The Labute approximate surface area is 640 Å². The molecule has 5 aromatic heterocycles. The van der Waals surface area contributed by atoms with E-state index in [4.69, 9.17) is 0 Å². The van der Waals surface area contributed by atoms with Crippen LogP contribution >= 0.6 is 11.3 Å². The molecule has 0 radical (unpaired) electrons.